The molecule has 0 heterocycles. The normalized spacial score (nSPS) is 22.4. The smallest absolute Gasteiger partial charge is 0.234 e. The third-order valence-electron chi connectivity index (χ3n) is 5.26. The first-order chi connectivity index (χ1) is 13.9. The highest BCUT2D eigenvalue weighted by Crippen LogP contribution is 2.21. The molecule has 6 nitrogen and oxygen atoms in total. The predicted molar refractivity (Wildman–Crippen MR) is 110 cm³/mol. The lowest BCUT2D eigenvalue weighted by Crippen LogP contribution is -2.33. The molecule has 0 aliphatic heterocycles. The minimum absolute atomic E-state index is 0.0812. The van der Waals surface area contributed by atoms with Crippen molar-refractivity contribution in [3.8, 4) is 0 Å². The molecule has 0 N–H and O–H groups in total. The van der Waals surface area contributed by atoms with Gasteiger partial charge in [-0.3, -0.25) is 0 Å². The molecule has 1 fully saturated rings. The summed E-state index contributed by atoms with van der Waals surface area (Å²) in [5, 5.41) is 0. The number of carbonyl (C=O) groups excluding carboxylic acids is 2. The Balaban J connectivity index is 2.57. The van der Waals surface area contributed by atoms with Crippen molar-refractivity contribution in [1.29, 1.82) is 0 Å². The fourth-order valence-corrected chi connectivity index (χ4v) is 3.71. The van der Waals surface area contributed by atoms with E-state index in [9.17, 15) is 9.59 Å². The van der Waals surface area contributed by atoms with Crippen molar-refractivity contribution in [1.82, 2.24) is 0 Å². The second-order valence-electron chi connectivity index (χ2n) is 7.58. The Morgan fingerprint density at radius 3 is 1.32 bits per heavy atom. The number of nitrogens with zero attached hydrogens (tertiary/aromatic N) is 2. The van der Waals surface area contributed by atoms with Crippen LogP contribution in [0.2, 0.25) is 0 Å². The highest BCUT2D eigenvalue weighted by molar-refractivity contribution is 5.32. The first kappa shape index (κ1) is 24.7. The van der Waals surface area contributed by atoms with Crippen LogP contribution in [-0.4, -0.2) is 50.7 Å². The van der Waals surface area contributed by atoms with Crippen LogP contribution in [0.1, 0.15) is 89.9 Å². The Bertz CT molecular complexity index is 417. The Kier molecular flexibility index (Phi) is 16.8. The van der Waals surface area contributed by atoms with Crippen LogP contribution >= 0.6 is 0 Å². The van der Waals surface area contributed by atoms with Gasteiger partial charge in [0.25, 0.3) is 0 Å². The van der Waals surface area contributed by atoms with E-state index in [1.165, 1.54) is 51.4 Å². The van der Waals surface area contributed by atoms with Gasteiger partial charge in [0.05, 0.1) is 25.3 Å². The van der Waals surface area contributed by atoms with Gasteiger partial charge in [-0.05, 0) is 25.7 Å². The Morgan fingerprint density at radius 2 is 0.964 bits per heavy atom. The molecule has 1 rings (SSSR count). The van der Waals surface area contributed by atoms with Crippen LogP contribution in [0.4, 0.5) is 0 Å². The van der Waals surface area contributed by atoms with Crippen LogP contribution in [-0.2, 0) is 19.1 Å². The molecule has 28 heavy (non-hydrogen) atoms. The summed E-state index contributed by atoms with van der Waals surface area (Å²) in [6, 6.07) is 0. The molecule has 0 aromatic heterocycles. The van der Waals surface area contributed by atoms with Crippen molar-refractivity contribution in [3.63, 3.8) is 0 Å². The van der Waals surface area contributed by atoms with E-state index in [0.29, 0.717) is 26.3 Å². The largest absolute Gasteiger partial charge is 0.375 e. The zero-order valence-corrected chi connectivity index (χ0v) is 17.4. The molecule has 0 aromatic carbocycles. The summed E-state index contributed by atoms with van der Waals surface area (Å²) in [5.41, 5.74) is 0. The molecule has 1 saturated carbocycles. The monoisotopic (exact) mass is 394 g/mol. The maximum absolute atomic E-state index is 10.2. The fourth-order valence-electron chi connectivity index (χ4n) is 3.71. The molecule has 160 valence electrons. The Labute approximate surface area is 170 Å². The summed E-state index contributed by atoms with van der Waals surface area (Å²) >= 11 is 0. The number of isocyanates is 2. The van der Waals surface area contributed by atoms with Crippen molar-refractivity contribution in [2.45, 2.75) is 102 Å². The molecule has 1 aliphatic carbocycles. The minimum Gasteiger partial charge on any atom is -0.375 e. The fraction of sp³-hybridized carbons (Fsp3) is 0.909. The first-order valence-corrected chi connectivity index (χ1v) is 11.2. The second kappa shape index (κ2) is 19.0. The number of aliphatic imine (C=N–C) groups is 2. The van der Waals surface area contributed by atoms with Gasteiger partial charge in [-0.1, -0.05) is 64.2 Å². The average Bonchev–Trinajstić information content (AvgIpc) is 2.71. The van der Waals surface area contributed by atoms with E-state index in [1.54, 1.807) is 12.2 Å². The molecular formula is C22H38N2O4. The second-order valence-corrected chi connectivity index (χ2v) is 7.58. The van der Waals surface area contributed by atoms with Crippen LogP contribution in [0.25, 0.3) is 0 Å². The number of rotatable bonds is 10. The summed E-state index contributed by atoms with van der Waals surface area (Å²) in [7, 11) is 0. The molecule has 0 saturated heterocycles. The van der Waals surface area contributed by atoms with Gasteiger partial charge in [-0.25, -0.2) is 19.6 Å². The first-order valence-electron chi connectivity index (χ1n) is 11.2. The lowest BCUT2D eigenvalue weighted by Gasteiger charge is -2.28. The lowest BCUT2D eigenvalue weighted by molar-refractivity contribution is -0.0815. The van der Waals surface area contributed by atoms with Gasteiger partial charge in [0.1, 0.15) is 0 Å². The van der Waals surface area contributed by atoms with E-state index in [0.717, 1.165) is 38.5 Å². The van der Waals surface area contributed by atoms with Crippen LogP contribution < -0.4 is 0 Å². The van der Waals surface area contributed by atoms with Gasteiger partial charge < -0.3 is 9.47 Å². The molecule has 0 radical (unpaired) electrons. The van der Waals surface area contributed by atoms with E-state index in [4.69, 9.17) is 9.47 Å². The van der Waals surface area contributed by atoms with Crippen LogP contribution in [0, 0.1) is 0 Å². The van der Waals surface area contributed by atoms with Crippen LogP contribution in [0.5, 0.6) is 0 Å². The molecule has 0 amide bonds. The summed E-state index contributed by atoms with van der Waals surface area (Å²) < 4.78 is 12.4. The van der Waals surface area contributed by atoms with Crippen molar-refractivity contribution in [2.24, 2.45) is 9.98 Å². The number of hydrogen-bond donors (Lipinski definition) is 0. The molecule has 6 heteroatoms. The van der Waals surface area contributed by atoms with Crippen molar-refractivity contribution >= 4 is 12.2 Å². The van der Waals surface area contributed by atoms with E-state index in [2.05, 4.69) is 9.98 Å². The third-order valence-corrected chi connectivity index (χ3v) is 5.26. The zero-order chi connectivity index (χ0) is 20.1. The average molecular weight is 395 g/mol. The molecular weight excluding hydrogens is 356 g/mol. The molecule has 2 atom stereocenters. The van der Waals surface area contributed by atoms with E-state index in [1.807, 2.05) is 0 Å². The SMILES string of the molecule is O=C=NCCCOC1CCCCCCCCCCCCC1OCCCN=C=O. The summed E-state index contributed by atoms with van der Waals surface area (Å²) in [4.78, 5) is 27.6. The standard InChI is InChI=1S/C22H38N2O4/c25-19-23-15-11-17-27-21-13-9-7-5-3-1-2-4-6-8-10-14-22(21)28-18-12-16-24-20-26/h21-22H,1-18H2. The number of hydrogen-bond acceptors (Lipinski definition) is 6. The zero-order valence-electron chi connectivity index (χ0n) is 17.4. The van der Waals surface area contributed by atoms with Crippen LogP contribution in [0.3, 0.4) is 0 Å². The van der Waals surface area contributed by atoms with Gasteiger partial charge in [-0.2, -0.15) is 0 Å². The summed E-state index contributed by atoms with van der Waals surface area (Å²) in [6.07, 6.45) is 19.6. The molecule has 1 aliphatic rings. The highest BCUT2D eigenvalue weighted by atomic mass is 16.5. The summed E-state index contributed by atoms with van der Waals surface area (Å²) in [5.74, 6) is 0. The van der Waals surface area contributed by atoms with Gasteiger partial charge in [0.2, 0.25) is 12.2 Å². The van der Waals surface area contributed by atoms with Crippen molar-refractivity contribution < 1.29 is 19.1 Å². The summed E-state index contributed by atoms with van der Waals surface area (Å²) in [6.45, 7) is 2.10. The maximum Gasteiger partial charge on any atom is 0.234 e. The maximum atomic E-state index is 10.2. The molecule has 0 aromatic rings. The predicted octanol–water partition coefficient (Wildman–Crippen LogP) is 4.90. The molecule has 0 bridgehead atoms. The highest BCUT2D eigenvalue weighted by Gasteiger charge is 2.22. The van der Waals surface area contributed by atoms with Crippen molar-refractivity contribution in [2.75, 3.05) is 26.3 Å². The van der Waals surface area contributed by atoms with E-state index in [-0.39, 0.29) is 12.2 Å². The van der Waals surface area contributed by atoms with Gasteiger partial charge in [0, 0.05) is 13.2 Å². The van der Waals surface area contributed by atoms with Gasteiger partial charge in [-0.15, -0.1) is 0 Å². The van der Waals surface area contributed by atoms with Gasteiger partial charge >= 0.3 is 0 Å². The van der Waals surface area contributed by atoms with E-state index < -0.39 is 0 Å². The van der Waals surface area contributed by atoms with Crippen LogP contribution in [0.15, 0.2) is 9.98 Å². The lowest BCUT2D eigenvalue weighted by atomic mass is 9.97. The number of ether oxygens (including phenoxy) is 2. The minimum atomic E-state index is 0.0812. The van der Waals surface area contributed by atoms with E-state index >= 15 is 0 Å². The Hall–Kier alpha value is -1.32. The molecule has 2 unspecified atom stereocenters. The quantitative estimate of drug-likeness (QED) is 0.300. The topological polar surface area (TPSA) is 77.3 Å². The Morgan fingerprint density at radius 1 is 0.607 bits per heavy atom. The third kappa shape index (κ3) is 13.8. The van der Waals surface area contributed by atoms with Crippen molar-refractivity contribution in [3.05, 3.63) is 0 Å². The molecule has 0 spiro atoms. The van der Waals surface area contributed by atoms with Gasteiger partial charge in [0.15, 0.2) is 0 Å².